The number of tetrazole rings is 1. The van der Waals surface area contributed by atoms with Crippen molar-refractivity contribution in [1.29, 1.82) is 0 Å². The summed E-state index contributed by atoms with van der Waals surface area (Å²) in [7, 11) is 4.91. The van der Waals surface area contributed by atoms with Gasteiger partial charge in [0.05, 0.1) is 7.11 Å². The van der Waals surface area contributed by atoms with E-state index in [0.717, 1.165) is 81.8 Å². The molecule has 230 valence electrons. The summed E-state index contributed by atoms with van der Waals surface area (Å²) in [5.74, 6) is 2.38. The van der Waals surface area contributed by atoms with E-state index in [9.17, 15) is 0 Å². The molecule has 0 aliphatic heterocycles. The largest absolute Gasteiger partial charge is 0.496 e. The molecule has 1 N–H and O–H groups in total. The van der Waals surface area contributed by atoms with Gasteiger partial charge < -0.3 is 18.8 Å². The van der Waals surface area contributed by atoms with Crippen LogP contribution in [0.3, 0.4) is 0 Å². The van der Waals surface area contributed by atoms with E-state index in [4.69, 9.17) is 24.2 Å². The van der Waals surface area contributed by atoms with Gasteiger partial charge in [0.15, 0.2) is 11.5 Å². The number of aromatic nitrogens is 7. The van der Waals surface area contributed by atoms with Crippen molar-refractivity contribution >= 4 is 11.2 Å². The summed E-state index contributed by atoms with van der Waals surface area (Å²) in [6.45, 7) is 2.89. The molecule has 0 spiro atoms. The Morgan fingerprint density at radius 3 is 2.33 bits per heavy atom. The number of benzene rings is 3. The molecule has 0 saturated heterocycles. The molecular formula is C35H37N7O3. The minimum Gasteiger partial charge on any atom is -0.496 e. The van der Waals surface area contributed by atoms with Gasteiger partial charge >= 0.3 is 0 Å². The third-order valence-corrected chi connectivity index (χ3v) is 8.03. The molecule has 0 saturated carbocycles. The fourth-order valence-electron chi connectivity index (χ4n) is 5.78. The Bertz CT molecular complexity index is 1870. The summed E-state index contributed by atoms with van der Waals surface area (Å²) < 4.78 is 19.4. The van der Waals surface area contributed by atoms with Gasteiger partial charge in [-0.05, 0) is 58.2 Å². The zero-order valence-corrected chi connectivity index (χ0v) is 26.0. The third kappa shape index (κ3) is 6.20. The minimum absolute atomic E-state index is 0.632. The number of fused-ring (bicyclic) bond motifs is 1. The lowest BCUT2D eigenvalue weighted by Crippen LogP contribution is -2.11. The lowest BCUT2D eigenvalue weighted by atomic mass is 9.96. The van der Waals surface area contributed by atoms with Crippen LogP contribution in [0.15, 0.2) is 78.9 Å². The van der Waals surface area contributed by atoms with Crippen LogP contribution < -0.4 is 4.74 Å². The average Bonchev–Trinajstić information content (AvgIpc) is 3.75. The highest BCUT2D eigenvalue weighted by Crippen LogP contribution is 2.37. The second-order valence-electron chi connectivity index (χ2n) is 10.8. The monoisotopic (exact) mass is 603 g/mol. The van der Waals surface area contributed by atoms with Gasteiger partial charge in [0.25, 0.3) is 0 Å². The number of aryl methyl sites for hydroxylation is 3. The maximum Gasteiger partial charge on any atom is 0.201 e. The third-order valence-electron chi connectivity index (χ3n) is 8.03. The van der Waals surface area contributed by atoms with Crippen molar-refractivity contribution in [3.05, 3.63) is 95.9 Å². The van der Waals surface area contributed by atoms with Crippen LogP contribution in [0, 0.1) is 0 Å². The van der Waals surface area contributed by atoms with E-state index in [1.54, 1.807) is 21.3 Å². The normalized spacial score (nSPS) is 11.5. The molecule has 45 heavy (non-hydrogen) atoms. The standard InChI is InChI=1S/C35H37N7O3/c1-5-6-16-31-36-29-22-27(26-14-10-11-15-30(26)43-2)32(35(44-3)45-4)37-34(29)42(31)20-19-23-17-18-25(24-12-8-7-9-13-24)28(21-23)33-38-40-41-39-33/h7-15,17-18,21-22,35H,5-6,16,19-20H2,1-4H3,(H,38,39,40,41). The molecule has 10 nitrogen and oxygen atoms in total. The molecule has 0 atom stereocenters. The average molecular weight is 604 g/mol. The Labute approximate surface area is 262 Å². The van der Waals surface area contributed by atoms with E-state index >= 15 is 0 Å². The molecule has 3 heterocycles. The molecular weight excluding hydrogens is 566 g/mol. The highest BCUT2D eigenvalue weighted by molar-refractivity contribution is 5.83. The number of aromatic amines is 1. The molecule has 0 aliphatic rings. The van der Waals surface area contributed by atoms with Crippen LogP contribution in [0.2, 0.25) is 0 Å². The second kappa shape index (κ2) is 13.8. The molecule has 6 aromatic rings. The molecule has 0 unspecified atom stereocenters. The van der Waals surface area contributed by atoms with Crippen LogP contribution in [0.4, 0.5) is 0 Å². The van der Waals surface area contributed by atoms with E-state index in [1.807, 2.05) is 42.5 Å². The predicted molar refractivity (Wildman–Crippen MR) is 174 cm³/mol. The number of ether oxygens (including phenoxy) is 3. The van der Waals surface area contributed by atoms with E-state index < -0.39 is 6.29 Å². The van der Waals surface area contributed by atoms with Gasteiger partial charge in [0.2, 0.25) is 6.29 Å². The van der Waals surface area contributed by atoms with Gasteiger partial charge in [-0.1, -0.05) is 74.0 Å². The smallest absolute Gasteiger partial charge is 0.201 e. The number of para-hydroxylation sites is 1. The molecule has 6 rings (SSSR count). The first-order valence-corrected chi connectivity index (χ1v) is 15.2. The van der Waals surface area contributed by atoms with Crippen LogP contribution >= 0.6 is 0 Å². The van der Waals surface area contributed by atoms with E-state index in [1.165, 1.54) is 0 Å². The molecule has 0 fully saturated rings. The van der Waals surface area contributed by atoms with Gasteiger partial charge in [-0.3, -0.25) is 0 Å². The Morgan fingerprint density at radius 1 is 0.800 bits per heavy atom. The lowest BCUT2D eigenvalue weighted by Gasteiger charge is -2.19. The number of rotatable bonds is 13. The molecule has 0 amide bonds. The van der Waals surface area contributed by atoms with Crippen molar-refractivity contribution < 1.29 is 14.2 Å². The van der Waals surface area contributed by atoms with Crippen molar-refractivity contribution in [2.75, 3.05) is 21.3 Å². The van der Waals surface area contributed by atoms with Crippen molar-refractivity contribution in [1.82, 2.24) is 35.2 Å². The zero-order valence-electron chi connectivity index (χ0n) is 26.0. The Balaban J connectivity index is 1.43. The number of H-pyrrole nitrogens is 1. The summed E-state index contributed by atoms with van der Waals surface area (Å²) >= 11 is 0. The SMILES string of the molecule is CCCCc1nc2cc(-c3ccccc3OC)c(C(OC)OC)nc2n1CCc1ccc(-c2ccccc2)c(-c2nnn[nH]2)c1. The highest BCUT2D eigenvalue weighted by atomic mass is 16.7. The van der Waals surface area contributed by atoms with E-state index in [2.05, 4.69) is 68.5 Å². The number of unbranched alkanes of at least 4 members (excludes halogenated alkanes) is 1. The summed E-state index contributed by atoms with van der Waals surface area (Å²) in [6, 6.07) is 26.7. The minimum atomic E-state index is -0.666. The van der Waals surface area contributed by atoms with Crippen molar-refractivity contribution in [2.24, 2.45) is 0 Å². The van der Waals surface area contributed by atoms with Crippen molar-refractivity contribution in [2.45, 2.75) is 45.4 Å². The Kier molecular flexibility index (Phi) is 9.23. The zero-order chi connectivity index (χ0) is 31.2. The fourth-order valence-corrected chi connectivity index (χ4v) is 5.78. The molecule has 3 aromatic carbocycles. The maximum absolute atomic E-state index is 5.73. The predicted octanol–water partition coefficient (Wildman–Crippen LogP) is 6.83. The molecule has 10 heteroatoms. The van der Waals surface area contributed by atoms with Crippen molar-refractivity contribution in [3.63, 3.8) is 0 Å². The molecule has 0 aliphatic carbocycles. The van der Waals surface area contributed by atoms with Crippen LogP contribution in [-0.4, -0.2) is 56.5 Å². The van der Waals surface area contributed by atoms with Gasteiger partial charge in [-0.15, -0.1) is 5.10 Å². The Morgan fingerprint density at radius 2 is 1.60 bits per heavy atom. The number of nitrogens with zero attached hydrogens (tertiary/aromatic N) is 6. The van der Waals surface area contributed by atoms with E-state index in [0.29, 0.717) is 18.1 Å². The van der Waals surface area contributed by atoms with Gasteiger partial charge in [0.1, 0.15) is 22.8 Å². The number of pyridine rings is 1. The lowest BCUT2D eigenvalue weighted by molar-refractivity contribution is -0.108. The maximum atomic E-state index is 5.73. The van der Waals surface area contributed by atoms with Gasteiger partial charge in [-0.25, -0.2) is 15.1 Å². The van der Waals surface area contributed by atoms with Gasteiger partial charge in [0, 0.05) is 43.9 Å². The first kappa shape index (κ1) is 30.1. The fraction of sp³-hybridized carbons (Fsp3) is 0.286. The number of methoxy groups -OCH3 is 3. The first-order valence-electron chi connectivity index (χ1n) is 15.2. The van der Waals surface area contributed by atoms with Crippen LogP contribution in [0.25, 0.3) is 44.8 Å². The Hall–Kier alpha value is -4.93. The molecule has 0 bridgehead atoms. The van der Waals surface area contributed by atoms with Crippen LogP contribution in [-0.2, 0) is 28.9 Å². The van der Waals surface area contributed by atoms with Crippen molar-refractivity contribution in [3.8, 4) is 39.4 Å². The number of imidazole rings is 1. The van der Waals surface area contributed by atoms with Crippen LogP contribution in [0.1, 0.15) is 43.1 Å². The topological polar surface area (TPSA) is 113 Å². The summed E-state index contributed by atoms with van der Waals surface area (Å²) in [5, 5.41) is 14.8. The summed E-state index contributed by atoms with van der Waals surface area (Å²) in [6.07, 6.45) is 3.05. The number of nitrogens with one attached hydrogen (secondary N) is 1. The number of hydrogen-bond donors (Lipinski definition) is 1. The highest BCUT2D eigenvalue weighted by Gasteiger charge is 2.24. The second-order valence-corrected chi connectivity index (χ2v) is 10.8. The molecule has 3 aromatic heterocycles. The number of hydrogen-bond acceptors (Lipinski definition) is 8. The van der Waals surface area contributed by atoms with E-state index in [-0.39, 0.29) is 0 Å². The van der Waals surface area contributed by atoms with Crippen LogP contribution in [0.5, 0.6) is 5.75 Å². The summed E-state index contributed by atoms with van der Waals surface area (Å²) in [4.78, 5) is 10.3. The summed E-state index contributed by atoms with van der Waals surface area (Å²) in [5.41, 5.74) is 8.34. The first-order chi connectivity index (χ1) is 22.1. The quantitative estimate of drug-likeness (QED) is 0.143. The molecule has 0 radical (unpaired) electrons. The van der Waals surface area contributed by atoms with Gasteiger partial charge in [-0.2, -0.15) is 0 Å².